The van der Waals surface area contributed by atoms with Gasteiger partial charge in [-0.3, -0.25) is 9.59 Å². The Hall–Kier alpha value is -2.14. The van der Waals surface area contributed by atoms with Gasteiger partial charge in [0.05, 0.1) is 32.8 Å². The van der Waals surface area contributed by atoms with E-state index in [-0.39, 0.29) is 18.9 Å². The fourth-order valence-corrected chi connectivity index (χ4v) is 1.59. The van der Waals surface area contributed by atoms with Crippen LogP contribution in [0.3, 0.4) is 0 Å². The molecular formula is C15H19NO4. The Morgan fingerprint density at radius 2 is 2.05 bits per heavy atom. The monoisotopic (exact) mass is 277 g/mol. The Morgan fingerprint density at radius 1 is 1.35 bits per heavy atom. The van der Waals surface area contributed by atoms with Gasteiger partial charge in [-0.1, -0.05) is 36.9 Å². The normalized spacial score (nSPS) is 11.4. The number of ether oxygens (including phenoxy) is 2. The third-order valence-corrected chi connectivity index (χ3v) is 2.60. The van der Waals surface area contributed by atoms with Gasteiger partial charge in [-0.25, -0.2) is 0 Å². The third-order valence-electron chi connectivity index (χ3n) is 2.60. The zero-order chi connectivity index (χ0) is 14.8. The molecule has 0 aliphatic carbocycles. The largest absolute Gasteiger partial charge is 0.469 e. The molecule has 1 aromatic rings. The van der Waals surface area contributed by atoms with Crippen molar-refractivity contribution in [2.75, 3.05) is 13.7 Å². The molecule has 1 N–H and O–H groups in total. The van der Waals surface area contributed by atoms with Crippen LogP contribution in [0.1, 0.15) is 12.0 Å². The molecule has 5 nitrogen and oxygen atoms in total. The summed E-state index contributed by atoms with van der Waals surface area (Å²) in [5.41, 5.74) is 1.03. The molecule has 1 aromatic carbocycles. The first-order chi connectivity index (χ1) is 9.65. The zero-order valence-electron chi connectivity index (χ0n) is 11.5. The predicted octanol–water partition coefficient (Wildman–Crippen LogP) is 1.44. The molecule has 0 aliphatic rings. The maximum Gasteiger partial charge on any atom is 0.307 e. The Balaban J connectivity index is 2.44. The van der Waals surface area contributed by atoms with Crippen molar-refractivity contribution < 1.29 is 19.1 Å². The van der Waals surface area contributed by atoms with Crippen molar-refractivity contribution in [3.05, 3.63) is 48.6 Å². The molecule has 0 fully saturated rings. The number of carbonyl (C=O) groups is 2. The summed E-state index contributed by atoms with van der Waals surface area (Å²) in [4.78, 5) is 22.6. The van der Waals surface area contributed by atoms with E-state index >= 15 is 0 Å². The summed E-state index contributed by atoms with van der Waals surface area (Å²) >= 11 is 0. The third kappa shape index (κ3) is 6.15. The van der Waals surface area contributed by atoms with Gasteiger partial charge in [0.15, 0.2) is 0 Å². The fraction of sp³-hybridized carbons (Fsp3) is 0.333. The Labute approximate surface area is 118 Å². The number of carbonyl (C=O) groups excluding carboxylic acids is 2. The Morgan fingerprint density at radius 3 is 2.65 bits per heavy atom. The lowest BCUT2D eigenvalue weighted by atomic mass is 10.2. The van der Waals surface area contributed by atoms with Crippen LogP contribution in [-0.4, -0.2) is 31.6 Å². The van der Waals surface area contributed by atoms with Crippen LogP contribution >= 0.6 is 0 Å². The lowest BCUT2D eigenvalue weighted by Gasteiger charge is -2.17. The molecule has 1 amide bonds. The first kappa shape index (κ1) is 15.9. The van der Waals surface area contributed by atoms with Crippen molar-refractivity contribution in [2.24, 2.45) is 0 Å². The lowest BCUT2D eigenvalue weighted by molar-refractivity contribution is -0.141. The van der Waals surface area contributed by atoms with Gasteiger partial charge in [-0.05, 0) is 11.6 Å². The predicted molar refractivity (Wildman–Crippen MR) is 74.9 cm³/mol. The average Bonchev–Trinajstić information content (AvgIpc) is 2.47. The number of hydrogen-bond acceptors (Lipinski definition) is 4. The molecule has 20 heavy (non-hydrogen) atoms. The molecule has 0 bridgehead atoms. The highest BCUT2D eigenvalue weighted by atomic mass is 16.5. The molecule has 108 valence electrons. The molecule has 1 rings (SSSR count). The van der Waals surface area contributed by atoms with Crippen LogP contribution in [-0.2, 0) is 25.7 Å². The van der Waals surface area contributed by atoms with Crippen LogP contribution in [0.15, 0.2) is 43.0 Å². The summed E-state index contributed by atoms with van der Waals surface area (Å²) in [6.07, 6.45) is 1.21. The lowest BCUT2D eigenvalue weighted by Crippen LogP contribution is -2.39. The van der Waals surface area contributed by atoms with Crippen LogP contribution in [0.25, 0.3) is 0 Å². The zero-order valence-corrected chi connectivity index (χ0v) is 11.5. The minimum absolute atomic E-state index is 0.0604. The van der Waals surface area contributed by atoms with E-state index in [1.54, 1.807) is 0 Å². The number of methoxy groups -OCH3 is 1. The summed E-state index contributed by atoms with van der Waals surface area (Å²) in [5.74, 6) is -0.745. The average molecular weight is 277 g/mol. The minimum atomic E-state index is -0.434. The quantitative estimate of drug-likeness (QED) is 0.577. The molecule has 0 unspecified atom stereocenters. The fourth-order valence-electron chi connectivity index (χ4n) is 1.59. The number of amides is 1. The van der Waals surface area contributed by atoms with Gasteiger partial charge in [0, 0.05) is 0 Å². The standard InChI is InChI=1S/C15H19NO4/c1-3-14(17)16-13(9-15(18)19-2)11-20-10-12-7-5-4-6-8-12/h3-8,13H,1,9-11H2,2H3,(H,16,17)/t13-/m1/s1. The van der Waals surface area contributed by atoms with E-state index in [1.807, 2.05) is 30.3 Å². The van der Waals surface area contributed by atoms with E-state index in [0.717, 1.165) is 11.6 Å². The number of hydrogen-bond donors (Lipinski definition) is 1. The van der Waals surface area contributed by atoms with E-state index < -0.39 is 12.0 Å². The van der Waals surface area contributed by atoms with Crippen LogP contribution in [0.5, 0.6) is 0 Å². The maximum atomic E-state index is 11.3. The smallest absolute Gasteiger partial charge is 0.307 e. The van der Waals surface area contributed by atoms with Gasteiger partial charge in [0.2, 0.25) is 5.91 Å². The van der Waals surface area contributed by atoms with E-state index in [0.29, 0.717) is 6.61 Å². The van der Waals surface area contributed by atoms with Crippen LogP contribution in [0.2, 0.25) is 0 Å². The second kappa shape index (κ2) is 8.87. The number of nitrogens with one attached hydrogen (secondary N) is 1. The van der Waals surface area contributed by atoms with Crippen LogP contribution < -0.4 is 5.32 Å². The van der Waals surface area contributed by atoms with Crippen molar-refractivity contribution in [3.63, 3.8) is 0 Å². The first-order valence-electron chi connectivity index (χ1n) is 6.27. The van der Waals surface area contributed by atoms with Gasteiger partial charge in [-0.15, -0.1) is 0 Å². The Kier molecular flexibility index (Phi) is 7.06. The van der Waals surface area contributed by atoms with Crippen molar-refractivity contribution in [1.82, 2.24) is 5.32 Å². The van der Waals surface area contributed by atoms with Crippen LogP contribution in [0, 0.1) is 0 Å². The van der Waals surface area contributed by atoms with E-state index in [2.05, 4.69) is 16.6 Å². The summed E-state index contributed by atoms with van der Waals surface area (Å²) in [5, 5.41) is 2.64. The molecule has 0 aliphatic heterocycles. The van der Waals surface area contributed by atoms with Crippen LogP contribution in [0.4, 0.5) is 0 Å². The van der Waals surface area contributed by atoms with Crippen molar-refractivity contribution >= 4 is 11.9 Å². The van der Waals surface area contributed by atoms with Gasteiger partial charge in [0.25, 0.3) is 0 Å². The maximum absolute atomic E-state index is 11.3. The van der Waals surface area contributed by atoms with Crippen molar-refractivity contribution in [1.29, 1.82) is 0 Å². The first-order valence-corrected chi connectivity index (χ1v) is 6.27. The highest BCUT2D eigenvalue weighted by Crippen LogP contribution is 2.03. The summed E-state index contributed by atoms with van der Waals surface area (Å²) in [6, 6.07) is 9.22. The highest BCUT2D eigenvalue weighted by Gasteiger charge is 2.16. The molecule has 0 heterocycles. The van der Waals surface area contributed by atoms with Gasteiger partial charge < -0.3 is 14.8 Å². The van der Waals surface area contributed by atoms with E-state index in [1.165, 1.54) is 7.11 Å². The van der Waals surface area contributed by atoms with E-state index in [4.69, 9.17) is 4.74 Å². The topological polar surface area (TPSA) is 64.6 Å². The molecule has 0 saturated heterocycles. The van der Waals surface area contributed by atoms with Crippen molar-refractivity contribution in [3.8, 4) is 0 Å². The number of rotatable bonds is 8. The number of esters is 1. The van der Waals surface area contributed by atoms with Gasteiger partial charge >= 0.3 is 5.97 Å². The minimum Gasteiger partial charge on any atom is -0.469 e. The van der Waals surface area contributed by atoms with Gasteiger partial charge in [0.1, 0.15) is 0 Å². The summed E-state index contributed by atoms with van der Waals surface area (Å²) in [7, 11) is 1.31. The SMILES string of the molecule is C=CC(=O)N[C@@H](COCc1ccccc1)CC(=O)OC. The summed E-state index contributed by atoms with van der Waals surface area (Å²) in [6.45, 7) is 4.02. The van der Waals surface area contributed by atoms with Gasteiger partial charge in [-0.2, -0.15) is 0 Å². The number of benzene rings is 1. The molecular weight excluding hydrogens is 258 g/mol. The Bertz CT molecular complexity index is 444. The molecule has 1 atom stereocenters. The van der Waals surface area contributed by atoms with Crippen molar-refractivity contribution in [2.45, 2.75) is 19.1 Å². The molecule has 0 saturated carbocycles. The molecule has 0 radical (unpaired) electrons. The second-order valence-corrected chi connectivity index (χ2v) is 4.19. The van der Waals surface area contributed by atoms with E-state index in [9.17, 15) is 9.59 Å². The summed E-state index contributed by atoms with van der Waals surface area (Å²) < 4.78 is 10.1. The highest BCUT2D eigenvalue weighted by molar-refractivity contribution is 5.87. The second-order valence-electron chi connectivity index (χ2n) is 4.19. The molecule has 0 spiro atoms. The molecule has 0 aromatic heterocycles. The molecule has 5 heteroatoms.